The van der Waals surface area contributed by atoms with E-state index in [1.54, 1.807) is 0 Å². The van der Waals surface area contributed by atoms with Gasteiger partial charge in [-0.05, 0) is 26.7 Å². The van der Waals surface area contributed by atoms with Crippen LogP contribution < -0.4 is 0 Å². The first-order valence-electron chi connectivity index (χ1n) is 6.08. The second-order valence-electron chi connectivity index (χ2n) is 4.85. The molecule has 0 aliphatic carbocycles. The Labute approximate surface area is 93.4 Å². The summed E-state index contributed by atoms with van der Waals surface area (Å²) in [5, 5.41) is 10.3. The fourth-order valence-corrected chi connectivity index (χ4v) is 2.04. The number of ether oxygens (including phenoxy) is 1. The molecule has 90 valence electrons. The van der Waals surface area contributed by atoms with Crippen molar-refractivity contribution >= 4 is 0 Å². The van der Waals surface area contributed by atoms with Gasteiger partial charge in [-0.15, -0.1) is 0 Å². The molecule has 0 aromatic heterocycles. The number of hydrogen-bond donors (Lipinski definition) is 1. The third-order valence-corrected chi connectivity index (χ3v) is 3.55. The largest absolute Gasteiger partial charge is 0.389 e. The van der Waals surface area contributed by atoms with Crippen molar-refractivity contribution in [3.05, 3.63) is 0 Å². The Bertz CT molecular complexity index is 192. The van der Waals surface area contributed by atoms with Gasteiger partial charge in [-0.1, -0.05) is 13.8 Å². The summed E-state index contributed by atoms with van der Waals surface area (Å²) in [7, 11) is 0. The number of β-amino-alcohol motifs (C(OH)–C–C–N with tert-alkyl or cyclic N) is 1. The predicted octanol–water partition coefficient (Wildman–Crippen LogP) is 1.65. The SMILES string of the molecule is CCC(O)(CC)CN1CC(C)OCC1C. The van der Waals surface area contributed by atoms with Crippen LogP contribution in [0.25, 0.3) is 0 Å². The molecule has 0 amide bonds. The number of rotatable bonds is 4. The van der Waals surface area contributed by atoms with Crippen molar-refractivity contribution in [1.82, 2.24) is 4.90 Å². The fraction of sp³-hybridized carbons (Fsp3) is 1.00. The number of aliphatic hydroxyl groups is 1. The topological polar surface area (TPSA) is 32.7 Å². The Morgan fingerprint density at radius 1 is 1.33 bits per heavy atom. The molecule has 1 aliphatic rings. The van der Waals surface area contributed by atoms with Crippen molar-refractivity contribution in [3.8, 4) is 0 Å². The van der Waals surface area contributed by atoms with Crippen LogP contribution in [0.5, 0.6) is 0 Å². The molecule has 1 aliphatic heterocycles. The first kappa shape index (κ1) is 12.9. The van der Waals surface area contributed by atoms with Crippen LogP contribution in [0.15, 0.2) is 0 Å². The van der Waals surface area contributed by atoms with Crippen LogP contribution >= 0.6 is 0 Å². The number of morpholine rings is 1. The maximum Gasteiger partial charge on any atom is 0.0769 e. The summed E-state index contributed by atoms with van der Waals surface area (Å²) in [6.07, 6.45) is 1.93. The lowest BCUT2D eigenvalue weighted by Gasteiger charge is -2.41. The minimum Gasteiger partial charge on any atom is -0.389 e. The molecule has 2 atom stereocenters. The lowest BCUT2D eigenvalue weighted by molar-refractivity contribution is -0.0854. The highest BCUT2D eigenvalue weighted by molar-refractivity contribution is 4.84. The van der Waals surface area contributed by atoms with Crippen LogP contribution in [0.2, 0.25) is 0 Å². The van der Waals surface area contributed by atoms with E-state index in [1.165, 1.54) is 0 Å². The molecule has 0 aromatic rings. The predicted molar refractivity (Wildman–Crippen MR) is 62.0 cm³/mol. The summed E-state index contributed by atoms with van der Waals surface area (Å²) in [5.74, 6) is 0. The lowest BCUT2D eigenvalue weighted by atomic mass is 9.95. The smallest absolute Gasteiger partial charge is 0.0769 e. The zero-order chi connectivity index (χ0) is 11.5. The molecule has 0 aromatic carbocycles. The maximum atomic E-state index is 10.3. The molecule has 1 N–H and O–H groups in total. The van der Waals surface area contributed by atoms with Crippen molar-refractivity contribution in [3.63, 3.8) is 0 Å². The Balaban J connectivity index is 2.54. The van der Waals surface area contributed by atoms with Gasteiger partial charge >= 0.3 is 0 Å². The van der Waals surface area contributed by atoms with E-state index in [4.69, 9.17) is 4.74 Å². The van der Waals surface area contributed by atoms with E-state index in [1.807, 2.05) is 0 Å². The van der Waals surface area contributed by atoms with Gasteiger partial charge in [0.2, 0.25) is 0 Å². The summed E-state index contributed by atoms with van der Waals surface area (Å²) >= 11 is 0. The van der Waals surface area contributed by atoms with Crippen LogP contribution in [0.4, 0.5) is 0 Å². The molecular weight excluding hydrogens is 190 g/mol. The molecule has 0 bridgehead atoms. The standard InChI is InChI=1S/C12H25NO2/c1-5-12(14,6-2)9-13-7-11(4)15-8-10(13)3/h10-11,14H,5-9H2,1-4H3. The lowest BCUT2D eigenvalue weighted by Crippen LogP contribution is -2.53. The van der Waals surface area contributed by atoms with Gasteiger partial charge < -0.3 is 9.84 Å². The van der Waals surface area contributed by atoms with Crippen LogP contribution in [-0.4, -0.2) is 47.4 Å². The molecule has 15 heavy (non-hydrogen) atoms. The molecule has 1 saturated heterocycles. The molecule has 1 heterocycles. The average Bonchev–Trinajstić information content (AvgIpc) is 2.23. The molecule has 0 radical (unpaired) electrons. The van der Waals surface area contributed by atoms with Crippen molar-refractivity contribution in [1.29, 1.82) is 0 Å². The van der Waals surface area contributed by atoms with Gasteiger partial charge in [0.25, 0.3) is 0 Å². The minimum absolute atomic E-state index is 0.291. The van der Waals surface area contributed by atoms with Crippen LogP contribution in [0.1, 0.15) is 40.5 Å². The molecule has 0 saturated carbocycles. The zero-order valence-corrected chi connectivity index (χ0v) is 10.5. The molecule has 3 heteroatoms. The summed E-state index contributed by atoms with van der Waals surface area (Å²) in [4.78, 5) is 2.35. The van der Waals surface area contributed by atoms with Gasteiger partial charge in [-0.2, -0.15) is 0 Å². The minimum atomic E-state index is -0.522. The van der Waals surface area contributed by atoms with Gasteiger partial charge in [0.1, 0.15) is 0 Å². The van der Waals surface area contributed by atoms with Gasteiger partial charge in [0.05, 0.1) is 18.3 Å². The maximum absolute atomic E-state index is 10.3. The normalized spacial score (nSPS) is 29.4. The van der Waals surface area contributed by atoms with Crippen molar-refractivity contribution in [2.24, 2.45) is 0 Å². The highest BCUT2D eigenvalue weighted by Gasteiger charge is 2.31. The summed E-state index contributed by atoms with van der Waals surface area (Å²) < 4.78 is 5.58. The van der Waals surface area contributed by atoms with Gasteiger partial charge in [0, 0.05) is 19.1 Å². The highest BCUT2D eigenvalue weighted by Crippen LogP contribution is 2.20. The molecular formula is C12H25NO2. The summed E-state index contributed by atoms with van der Waals surface area (Å²) in [6, 6.07) is 0.422. The van der Waals surface area contributed by atoms with Gasteiger partial charge in [0.15, 0.2) is 0 Å². The van der Waals surface area contributed by atoms with E-state index >= 15 is 0 Å². The third kappa shape index (κ3) is 3.44. The molecule has 3 nitrogen and oxygen atoms in total. The second kappa shape index (κ2) is 5.28. The molecule has 1 fully saturated rings. The summed E-state index contributed by atoms with van der Waals surface area (Å²) in [5.41, 5.74) is -0.522. The number of hydrogen-bond acceptors (Lipinski definition) is 3. The molecule has 1 rings (SSSR count). The number of nitrogens with zero attached hydrogens (tertiary/aromatic N) is 1. The van der Waals surface area contributed by atoms with Crippen molar-refractivity contribution < 1.29 is 9.84 Å². The van der Waals surface area contributed by atoms with Crippen molar-refractivity contribution in [2.45, 2.75) is 58.3 Å². The summed E-state index contributed by atoms with van der Waals surface area (Å²) in [6.45, 7) is 10.9. The Hall–Kier alpha value is -0.120. The van der Waals surface area contributed by atoms with E-state index in [-0.39, 0.29) is 0 Å². The highest BCUT2D eigenvalue weighted by atomic mass is 16.5. The van der Waals surface area contributed by atoms with E-state index < -0.39 is 5.60 Å². The molecule has 2 unspecified atom stereocenters. The van der Waals surface area contributed by atoms with Gasteiger partial charge in [-0.25, -0.2) is 0 Å². The second-order valence-corrected chi connectivity index (χ2v) is 4.85. The van der Waals surface area contributed by atoms with Crippen LogP contribution in [-0.2, 0) is 4.74 Å². The molecule has 0 spiro atoms. The van der Waals surface area contributed by atoms with Crippen LogP contribution in [0.3, 0.4) is 0 Å². The monoisotopic (exact) mass is 215 g/mol. The Morgan fingerprint density at radius 2 is 1.93 bits per heavy atom. The van der Waals surface area contributed by atoms with E-state index in [9.17, 15) is 5.11 Å². The van der Waals surface area contributed by atoms with E-state index in [0.717, 1.165) is 32.5 Å². The van der Waals surface area contributed by atoms with E-state index in [2.05, 4.69) is 32.6 Å². The fourth-order valence-electron chi connectivity index (χ4n) is 2.04. The Morgan fingerprint density at radius 3 is 2.47 bits per heavy atom. The van der Waals surface area contributed by atoms with Crippen molar-refractivity contribution in [2.75, 3.05) is 19.7 Å². The average molecular weight is 215 g/mol. The first-order valence-corrected chi connectivity index (χ1v) is 6.08. The quantitative estimate of drug-likeness (QED) is 0.774. The van der Waals surface area contributed by atoms with Crippen LogP contribution in [0, 0.1) is 0 Å². The zero-order valence-electron chi connectivity index (χ0n) is 10.5. The first-order chi connectivity index (χ1) is 7.00. The third-order valence-electron chi connectivity index (χ3n) is 3.55. The van der Waals surface area contributed by atoms with Gasteiger partial charge in [-0.3, -0.25) is 4.90 Å². The Kier molecular flexibility index (Phi) is 4.56. The van der Waals surface area contributed by atoms with E-state index in [0.29, 0.717) is 12.1 Å².